The molecule has 2 aromatic heterocycles. The van der Waals surface area contributed by atoms with Crippen molar-refractivity contribution in [3.8, 4) is 0 Å². The number of hydrogen-bond acceptors (Lipinski definition) is 5. The first-order chi connectivity index (χ1) is 9.99. The summed E-state index contributed by atoms with van der Waals surface area (Å²) in [4.78, 5) is 19.8. The van der Waals surface area contributed by atoms with E-state index in [9.17, 15) is 4.79 Å². The van der Waals surface area contributed by atoms with Gasteiger partial charge in [-0.3, -0.25) is 4.79 Å². The molecule has 1 amide bonds. The number of hydrogen-bond donors (Lipinski definition) is 2. The number of amides is 1. The smallest absolute Gasteiger partial charge is 0.255 e. The molecule has 114 valence electrons. The second-order valence-corrected chi connectivity index (χ2v) is 5.58. The van der Waals surface area contributed by atoms with Gasteiger partial charge in [-0.2, -0.15) is 19.6 Å². The minimum Gasteiger partial charge on any atom is -0.369 e. The van der Waals surface area contributed by atoms with Gasteiger partial charge in [0, 0.05) is 25.1 Å². The Balaban J connectivity index is 1.99. The molecule has 0 unspecified atom stereocenters. The molecule has 2 heterocycles. The van der Waals surface area contributed by atoms with E-state index in [1.165, 1.54) is 6.33 Å². The summed E-state index contributed by atoms with van der Waals surface area (Å²) in [5, 5.41) is 10.5. The van der Waals surface area contributed by atoms with Gasteiger partial charge in [-0.1, -0.05) is 25.4 Å². The lowest BCUT2D eigenvalue weighted by Crippen LogP contribution is -2.29. The van der Waals surface area contributed by atoms with Gasteiger partial charge >= 0.3 is 0 Å². The third-order valence-corrected chi connectivity index (χ3v) is 3.32. The van der Waals surface area contributed by atoms with Crippen LogP contribution in [-0.2, 0) is 4.79 Å². The van der Waals surface area contributed by atoms with Crippen LogP contribution in [-0.4, -0.2) is 38.6 Å². The maximum atomic E-state index is 11.7. The highest BCUT2D eigenvalue weighted by molar-refractivity contribution is 6.30. The molecule has 0 saturated heterocycles. The predicted molar refractivity (Wildman–Crippen MR) is 81.5 cm³/mol. The Labute approximate surface area is 128 Å². The Morgan fingerprint density at radius 3 is 2.95 bits per heavy atom. The zero-order chi connectivity index (χ0) is 15.4. The van der Waals surface area contributed by atoms with Crippen LogP contribution in [0.2, 0.25) is 5.15 Å². The standard InChI is InChI=1S/C13H19ClN6O/c1-8(2)6-16-10(21)4-5-15-12-9(3)11(14)19-13-17-7-18-20(12)13/h7-8,15H,4-6H2,1-3H3,(H,16,21). The second-order valence-electron chi connectivity index (χ2n) is 5.22. The van der Waals surface area contributed by atoms with Gasteiger partial charge in [-0.25, -0.2) is 0 Å². The number of nitrogens with one attached hydrogen (secondary N) is 2. The van der Waals surface area contributed by atoms with E-state index in [2.05, 4.69) is 39.5 Å². The molecule has 0 radical (unpaired) electrons. The first-order valence-corrected chi connectivity index (χ1v) is 7.23. The van der Waals surface area contributed by atoms with Gasteiger partial charge in [0.05, 0.1) is 0 Å². The summed E-state index contributed by atoms with van der Waals surface area (Å²) in [6, 6.07) is 0. The normalized spacial score (nSPS) is 11.1. The van der Waals surface area contributed by atoms with Crippen molar-refractivity contribution in [1.29, 1.82) is 0 Å². The van der Waals surface area contributed by atoms with Crippen molar-refractivity contribution >= 4 is 29.1 Å². The lowest BCUT2D eigenvalue weighted by molar-refractivity contribution is -0.120. The van der Waals surface area contributed by atoms with Crippen molar-refractivity contribution in [3.05, 3.63) is 17.0 Å². The number of aromatic nitrogens is 4. The van der Waals surface area contributed by atoms with Crippen LogP contribution in [0.3, 0.4) is 0 Å². The van der Waals surface area contributed by atoms with E-state index in [-0.39, 0.29) is 5.91 Å². The molecule has 0 aromatic carbocycles. The lowest BCUT2D eigenvalue weighted by atomic mass is 10.2. The van der Waals surface area contributed by atoms with Crippen molar-refractivity contribution in [2.75, 3.05) is 18.4 Å². The van der Waals surface area contributed by atoms with Crippen molar-refractivity contribution < 1.29 is 4.79 Å². The number of nitrogens with zero attached hydrogens (tertiary/aromatic N) is 4. The maximum Gasteiger partial charge on any atom is 0.255 e. The van der Waals surface area contributed by atoms with Crippen molar-refractivity contribution in [2.45, 2.75) is 27.2 Å². The van der Waals surface area contributed by atoms with Crippen LogP contribution < -0.4 is 10.6 Å². The second kappa shape index (κ2) is 6.71. The molecular weight excluding hydrogens is 292 g/mol. The van der Waals surface area contributed by atoms with Crippen LogP contribution >= 0.6 is 11.6 Å². The van der Waals surface area contributed by atoms with Crippen LogP contribution in [0.5, 0.6) is 0 Å². The molecular formula is C13H19ClN6O. The molecule has 0 aliphatic rings. The predicted octanol–water partition coefficient (Wildman–Crippen LogP) is 1.66. The zero-order valence-electron chi connectivity index (χ0n) is 12.4. The highest BCUT2D eigenvalue weighted by Crippen LogP contribution is 2.21. The molecule has 0 saturated carbocycles. The molecule has 0 bridgehead atoms. The van der Waals surface area contributed by atoms with E-state index in [0.29, 0.717) is 42.2 Å². The topological polar surface area (TPSA) is 84.2 Å². The van der Waals surface area contributed by atoms with Gasteiger partial charge in [0.15, 0.2) is 0 Å². The average Bonchev–Trinajstić information content (AvgIpc) is 2.88. The summed E-state index contributed by atoms with van der Waals surface area (Å²) in [6.07, 6.45) is 1.79. The number of carbonyl (C=O) groups is 1. The molecule has 8 heteroatoms. The molecule has 0 fully saturated rings. The Bertz CT molecular complexity index is 639. The molecule has 0 aliphatic heterocycles. The third-order valence-electron chi connectivity index (χ3n) is 2.96. The first kappa shape index (κ1) is 15.5. The van der Waals surface area contributed by atoms with Gasteiger partial charge in [0.1, 0.15) is 17.3 Å². The SMILES string of the molecule is Cc1c(Cl)nc2ncnn2c1NCCC(=O)NCC(C)C. The summed E-state index contributed by atoms with van der Waals surface area (Å²) < 4.78 is 1.58. The maximum absolute atomic E-state index is 11.7. The lowest BCUT2D eigenvalue weighted by Gasteiger charge is -2.12. The first-order valence-electron chi connectivity index (χ1n) is 6.85. The largest absolute Gasteiger partial charge is 0.369 e. The monoisotopic (exact) mass is 310 g/mol. The molecule has 0 aliphatic carbocycles. The number of halogens is 1. The Hall–Kier alpha value is -1.89. The number of fused-ring (bicyclic) bond motifs is 1. The Kier molecular flexibility index (Phi) is 4.95. The van der Waals surface area contributed by atoms with Crippen LogP contribution in [0.15, 0.2) is 6.33 Å². The van der Waals surface area contributed by atoms with Gasteiger partial charge < -0.3 is 10.6 Å². The average molecular weight is 311 g/mol. The quantitative estimate of drug-likeness (QED) is 0.793. The number of anilines is 1. The van der Waals surface area contributed by atoms with E-state index in [0.717, 1.165) is 5.56 Å². The highest BCUT2D eigenvalue weighted by Gasteiger charge is 2.12. The van der Waals surface area contributed by atoms with Gasteiger partial charge in [0.25, 0.3) is 5.78 Å². The van der Waals surface area contributed by atoms with Crippen LogP contribution in [0.1, 0.15) is 25.8 Å². The van der Waals surface area contributed by atoms with E-state index in [1.807, 2.05) is 6.92 Å². The zero-order valence-corrected chi connectivity index (χ0v) is 13.1. The molecule has 2 aromatic rings. The number of carbonyl (C=O) groups excluding carboxylic acids is 1. The summed E-state index contributed by atoms with van der Waals surface area (Å²) in [5.74, 6) is 1.60. The highest BCUT2D eigenvalue weighted by atomic mass is 35.5. The van der Waals surface area contributed by atoms with Gasteiger partial charge in [-0.15, -0.1) is 0 Å². The summed E-state index contributed by atoms with van der Waals surface area (Å²) in [7, 11) is 0. The van der Waals surface area contributed by atoms with Gasteiger partial charge in [0.2, 0.25) is 5.91 Å². The van der Waals surface area contributed by atoms with E-state index in [4.69, 9.17) is 11.6 Å². The Morgan fingerprint density at radius 1 is 1.48 bits per heavy atom. The molecule has 7 nitrogen and oxygen atoms in total. The van der Waals surface area contributed by atoms with Crippen LogP contribution in [0.25, 0.3) is 5.78 Å². The molecule has 2 rings (SSSR count). The third kappa shape index (κ3) is 3.81. The van der Waals surface area contributed by atoms with Crippen molar-refractivity contribution in [1.82, 2.24) is 24.9 Å². The fourth-order valence-electron chi connectivity index (χ4n) is 1.81. The number of rotatable bonds is 6. The van der Waals surface area contributed by atoms with Crippen molar-refractivity contribution in [2.24, 2.45) is 5.92 Å². The summed E-state index contributed by atoms with van der Waals surface area (Å²) >= 11 is 6.06. The van der Waals surface area contributed by atoms with E-state index in [1.54, 1.807) is 4.52 Å². The minimum atomic E-state index is 0.0174. The molecule has 0 spiro atoms. The van der Waals surface area contributed by atoms with Gasteiger partial charge in [-0.05, 0) is 12.8 Å². The van der Waals surface area contributed by atoms with Crippen LogP contribution in [0, 0.1) is 12.8 Å². The Morgan fingerprint density at radius 2 is 2.24 bits per heavy atom. The van der Waals surface area contributed by atoms with E-state index >= 15 is 0 Å². The summed E-state index contributed by atoms with van der Waals surface area (Å²) in [5.41, 5.74) is 0.775. The fourth-order valence-corrected chi connectivity index (χ4v) is 1.97. The molecule has 2 N–H and O–H groups in total. The minimum absolute atomic E-state index is 0.0174. The van der Waals surface area contributed by atoms with Crippen LogP contribution in [0.4, 0.5) is 5.82 Å². The van der Waals surface area contributed by atoms with Crippen molar-refractivity contribution in [3.63, 3.8) is 0 Å². The van der Waals surface area contributed by atoms with E-state index < -0.39 is 0 Å². The molecule has 0 atom stereocenters. The molecule has 21 heavy (non-hydrogen) atoms. The summed E-state index contributed by atoms with van der Waals surface area (Å²) in [6.45, 7) is 7.13. The fraction of sp³-hybridized carbons (Fsp3) is 0.538.